The van der Waals surface area contributed by atoms with E-state index in [1.54, 1.807) is 52.0 Å². The van der Waals surface area contributed by atoms with Gasteiger partial charge in [-0.2, -0.15) is 5.10 Å². The Morgan fingerprint density at radius 3 is 2.12 bits per heavy atom. The number of nitrogens with zero attached hydrogens (tertiary/aromatic N) is 1. The summed E-state index contributed by atoms with van der Waals surface area (Å²) in [4.78, 5) is 60.5. The van der Waals surface area contributed by atoms with Crippen molar-refractivity contribution in [2.24, 2.45) is 11.0 Å². The second-order valence-corrected chi connectivity index (χ2v) is 10.2. The molecule has 11 nitrogen and oxygen atoms in total. The van der Waals surface area contributed by atoms with Crippen LogP contribution in [0.1, 0.15) is 80.2 Å². The maximum absolute atomic E-state index is 13.3. The van der Waals surface area contributed by atoms with Crippen molar-refractivity contribution in [3.8, 4) is 5.75 Å². The average Bonchev–Trinajstić information content (AvgIpc) is 2.90. The number of hydrogen-bond acceptors (Lipinski definition) is 9. The lowest BCUT2D eigenvalue weighted by Gasteiger charge is -2.18. The average molecular weight is 569 g/mol. The van der Waals surface area contributed by atoms with Gasteiger partial charge in [0, 0.05) is 30.4 Å². The fourth-order valence-electron chi connectivity index (χ4n) is 3.63. The van der Waals surface area contributed by atoms with Crippen molar-refractivity contribution in [1.29, 1.82) is 0 Å². The van der Waals surface area contributed by atoms with Crippen LogP contribution in [-0.4, -0.2) is 59.2 Å². The largest absolute Gasteiger partial charge is 0.479 e. The zero-order valence-corrected chi connectivity index (χ0v) is 23.8. The Bertz CT molecular complexity index is 1250. The Kier molecular flexibility index (Phi) is 12.2. The van der Waals surface area contributed by atoms with Crippen LogP contribution in [0.4, 0.5) is 4.79 Å². The topological polar surface area (TPSA) is 158 Å². The van der Waals surface area contributed by atoms with E-state index in [1.165, 1.54) is 37.4 Å². The summed E-state index contributed by atoms with van der Waals surface area (Å²) in [5.41, 5.74) is 2.91. The van der Waals surface area contributed by atoms with E-state index in [2.05, 4.69) is 10.5 Å². The van der Waals surface area contributed by atoms with Gasteiger partial charge >= 0.3 is 18.0 Å². The third kappa shape index (κ3) is 11.6. The number of carbonyl (C=O) groups excluding carboxylic acids is 4. The van der Waals surface area contributed by atoms with Crippen LogP contribution in [0.2, 0.25) is 0 Å². The Balaban J connectivity index is 2.09. The second-order valence-electron chi connectivity index (χ2n) is 10.2. The number of ether oxygens (including phenoxy) is 3. The Morgan fingerprint density at radius 1 is 0.976 bits per heavy atom. The standard InChI is InChI=1S/C30H36N2O9/c1-6-26(28(36)37)40-24-13-11-22(12-14-24)27(35)23(15-16-39-19(2)33)17-25(34)21-9-7-20(8-10-21)18-31-32-29(38)41-30(3,4)5/h7-14,18,23,26H,6,15-17H2,1-5H3,(H,32,38)(H,36,37). The van der Waals surface area contributed by atoms with Crippen molar-refractivity contribution in [2.75, 3.05) is 6.61 Å². The van der Waals surface area contributed by atoms with E-state index in [-0.39, 0.29) is 37.4 Å². The Morgan fingerprint density at radius 2 is 1.59 bits per heavy atom. The summed E-state index contributed by atoms with van der Waals surface area (Å²) in [5, 5.41) is 13.0. The molecule has 0 aliphatic heterocycles. The zero-order chi connectivity index (χ0) is 30.6. The highest BCUT2D eigenvalue weighted by atomic mass is 16.6. The lowest BCUT2D eigenvalue weighted by molar-refractivity contribution is -0.145. The minimum absolute atomic E-state index is 0.0307. The monoisotopic (exact) mass is 568 g/mol. The predicted molar refractivity (Wildman–Crippen MR) is 150 cm³/mol. The minimum atomic E-state index is -1.09. The molecule has 0 radical (unpaired) electrons. The molecule has 0 saturated carbocycles. The maximum atomic E-state index is 13.3. The number of esters is 1. The molecule has 0 fully saturated rings. The summed E-state index contributed by atoms with van der Waals surface area (Å²) in [6.45, 7) is 8.12. The normalized spacial score (nSPS) is 12.7. The molecule has 2 unspecified atom stereocenters. The first-order valence-electron chi connectivity index (χ1n) is 13.1. The van der Waals surface area contributed by atoms with Crippen molar-refractivity contribution >= 4 is 35.8 Å². The van der Waals surface area contributed by atoms with Gasteiger partial charge in [-0.15, -0.1) is 0 Å². The third-order valence-corrected chi connectivity index (χ3v) is 5.64. The number of carboxylic acids is 1. The van der Waals surface area contributed by atoms with Gasteiger partial charge in [0.15, 0.2) is 17.7 Å². The molecular formula is C30H36N2O9. The van der Waals surface area contributed by atoms with Crippen LogP contribution in [0, 0.1) is 5.92 Å². The molecule has 2 aromatic rings. The zero-order valence-electron chi connectivity index (χ0n) is 23.8. The van der Waals surface area contributed by atoms with Crippen LogP contribution in [0.25, 0.3) is 0 Å². The summed E-state index contributed by atoms with van der Waals surface area (Å²) < 4.78 is 15.5. The van der Waals surface area contributed by atoms with E-state index in [9.17, 15) is 29.1 Å². The lowest BCUT2D eigenvalue weighted by Crippen LogP contribution is -2.29. The first-order chi connectivity index (χ1) is 19.3. The summed E-state index contributed by atoms with van der Waals surface area (Å²) in [6, 6.07) is 12.5. The van der Waals surface area contributed by atoms with E-state index in [4.69, 9.17) is 14.2 Å². The number of Topliss-reactive ketones (excluding diaryl/α,β-unsaturated/α-hetero) is 2. The van der Waals surface area contributed by atoms with Crippen molar-refractivity contribution in [3.05, 3.63) is 65.2 Å². The van der Waals surface area contributed by atoms with Crippen LogP contribution in [0.3, 0.4) is 0 Å². The molecule has 220 valence electrons. The van der Waals surface area contributed by atoms with E-state index >= 15 is 0 Å². The molecule has 0 spiro atoms. The molecule has 0 saturated heterocycles. The number of amides is 1. The number of hydrazone groups is 1. The molecule has 0 aliphatic carbocycles. The smallest absolute Gasteiger partial charge is 0.428 e. The first kappa shape index (κ1) is 32.7. The third-order valence-electron chi connectivity index (χ3n) is 5.64. The Labute approximate surface area is 238 Å². The van der Waals surface area contributed by atoms with Crippen LogP contribution in [0.5, 0.6) is 5.75 Å². The van der Waals surface area contributed by atoms with Gasteiger partial charge in [-0.3, -0.25) is 14.4 Å². The quantitative estimate of drug-likeness (QED) is 0.141. The molecule has 1 amide bonds. The first-order valence-corrected chi connectivity index (χ1v) is 13.1. The molecule has 0 heterocycles. The summed E-state index contributed by atoms with van der Waals surface area (Å²) >= 11 is 0. The van der Waals surface area contributed by atoms with Crippen LogP contribution in [-0.2, 0) is 19.1 Å². The maximum Gasteiger partial charge on any atom is 0.428 e. The SMILES string of the molecule is CCC(Oc1ccc(C(=O)C(CCOC(C)=O)CC(=O)c2ccc(C=NNC(=O)OC(C)(C)C)cc2)cc1)C(=O)O. The van der Waals surface area contributed by atoms with Gasteiger partial charge in [0.2, 0.25) is 0 Å². The molecule has 2 aromatic carbocycles. The fraction of sp³-hybridized carbons (Fsp3) is 0.400. The molecule has 2 rings (SSSR count). The fourth-order valence-corrected chi connectivity index (χ4v) is 3.63. The number of aliphatic carboxylic acids is 1. The summed E-state index contributed by atoms with van der Waals surface area (Å²) in [5.74, 6) is -2.66. The van der Waals surface area contributed by atoms with Gasteiger partial charge in [-0.1, -0.05) is 31.2 Å². The predicted octanol–water partition coefficient (Wildman–Crippen LogP) is 4.81. The van der Waals surface area contributed by atoms with E-state index in [0.717, 1.165) is 0 Å². The van der Waals surface area contributed by atoms with Crippen molar-refractivity contribution in [1.82, 2.24) is 5.43 Å². The summed E-state index contributed by atoms with van der Waals surface area (Å²) in [6.07, 6.45) is -0.0193. The molecular weight excluding hydrogens is 532 g/mol. The van der Waals surface area contributed by atoms with Gasteiger partial charge in [0.1, 0.15) is 11.4 Å². The van der Waals surface area contributed by atoms with Crippen LogP contribution >= 0.6 is 0 Å². The molecule has 2 N–H and O–H groups in total. The highest BCUT2D eigenvalue weighted by Crippen LogP contribution is 2.22. The van der Waals surface area contributed by atoms with Gasteiger partial charge in [-0.25, -0.2) is 15.0 Å². The minimum Gasteiger partial charge on any atom is -0.479 e. The van der Waals surface area contributed by atoms with Crippen LogP contribution in [0.15, 0.2) is 53.6 Å². The molecule has 0 bridgehead atoms. The number of nitrogens with one attached hydrogen (secondary N) is 1. The van der Waals surface area contributed by atoms with Crippen molar-refractivity contribution < 1.29 is 43.3 Å². The van der Waals surface area contributed by atoms with Gasteiger partial charge in [0.05, 0.1) is 12.8 Å². The van der Waals surface area contributed by atoms with Crippen LogP contribution < -0.4 is 10.2 Å². The Hall–Kier alpha value is -4.54. The van der Waals surface area contributed by atoms with Gasteiger partial charge < -0.3 is 19.3 Å². The number of ketones is 2. The molecule has 41 heavy (non-hydrogen) atoms. The number of carboxylic acid groups (broad SMARTS) is 1. The molecule has 11 heteroatoms. The number of carbonyl (C=O) groups is 5. The number of rotatable bonds is 14. The lowest BCUT2D eigenvalue weighted by atomic mass is 9.88. The molecule has 0 aromatic heterocycles. The number of benzene rings is 2. The molecule has 2 atom stereocenters. The highest BCUT2D eigenvalue weighted by Gasteiger charge is 2.25. The van der Waals surface area contributed by atoms with E-state index in [1.807, 2.05) is 0 Å². The van der Waals surface area contributed by atoms with E-state index in [0.29, 0.717) is 22.4 Å². The highest BCUT2D eigenvalue weighted by molar-refractivity contribution is 6.03. The summed E-state index contributed by atoms with van der Waals surface area (Å²) in [7, 11) is 0. The molecule has 0 aliphatic rings. The van der Waals surface area contributed by atoms with Gasteiger partial charge in [-0.05, 0) is 63.4 Å². The van der Waals surface area contributed by atoms with Crippen molar-refractivity contribution in [3.63, 3.8) is 0 Å². The van der Waals surface area contributed by atoms with Crippen molar-refractivity contribution in [2.45, 2.75) is 65.6 Å². The number of hydrogen-bond donors (Lipinski definition) is 2. The van der Waals surface area contributed by atoms with E-state index < -0.39 is 35.7 Å². The second kappa shape index (κ2) is 15.3. The van der Waals surface area contributed by atoms with Gasteiger partial charge in [0.25, 0.3) is 0 Å².